The Hall–Kier alpha value is -1.65. The Balaban J connectivity index is 2.33. The number of nitrogen functional groups attached to an aromatic ring is 1. The summed E-state index contributed by atoms with van der Waals surface area (Å²) in [7, 11) is 0. The maximum absolute atomic E-state index is 11.6. The van der Waals surface area contributed by atoms with Gasteiger partial charge in [-0.2, -0.15) is 0 Å². The van der Waals surface area contributed by atoms with E-state index in [1.54, 1.807) is 12.3 Å². The Morgan fingerprint density at radius 1 is 1.59 bits per heavy atom. The van der Waals surface area contributed by atoms with Crippen molar-refractivity contribution in [3.8, 4) is 0 Å². The molecule has 3 N–H and O–H groups in total. The quantitative estimate of drug-likeness (QED) is 0.784. The van der Waals surface area contributed by atoms with E-state index in [0.29, 0.717) is 30.5 Å². The highest BCUT2D eigenvalue weighted by Crippen LogP contribution is 2.09. The molecule has 0 unspecified atom stereocenters. The molecule has 0 aliphatic rings. The monoisotopic (exact) mass is 236 g/mol. The van der Waals surface area contributed by atoms with Gasteiger partial charge in [-0.1, -0.05) is 26.7 Å². The molecule has 0 aliphatic carbocycles. The van der Waals surface area contributed by atoms with E-state index in [1.165, 1.54) is 0 Å². The molecule has 5 heteroatoms. The van der Waals surface area contributed by atoms with Crippen LogP contribution in [0.4, 0.5) is 5.82 Å². The van der Waals surface area contributed by atoms with Gasteiger partial charge in [-0.3, -0.25) is 4.79 Å². The fourth-order valence-corrected chi connectivity index (χ4v) is 1.66. The molecule has 0 fully saturated rings. The number of carbonyl (C=O) groups is 1. The number of nitrogens with one attached hydrogen (secondary N) is 1. The third-order valence-electron chi connectivity index (χ3n) is 2.49. The van der Waals surface area contributed by atoms with Gasteiger partial charge in [0.2, 0.25) is 5.91 Å². The lowest BCUT2D eigenvalue weighted by molar-refractivity contribution is -0.122. The lowest BCUT2D eigenvalue weighted by Gasteiger charge is -2.09. The average Bonchev–Trinajstić information content (AvgIpc) is 2.27. The molecule has 1 rings (SSSR count). The molecule has 0 bridgehead atoms. The minimum atomic E-state index is 0.0389. The Morgan fingerprint density at radius 3 is 3.00 bits per heavy atom. The first kappa shape index (κ1) is 13.4. The van der Waals surface area contributed by atoms with Gasteiger partial charge in [-0.15, -0.1) is 0 Å². The number of carbonyl (C=O) groups excluding carboxylic acids is 1. The van der Waals surface area contributed by atoms with Gasteiger partial charge in [0.25, 0.3) is 0 Å². The van der Waals surface area contributed by atoms with Crippen molar-refractivity contribution in [2.75, 3.05) is 5.73 Å². The summed E-state index contributed by atoms with van der Waals surface area (Å²) in [6.45, 7) is 4.54. The number of hydrogen-bond donors (Lipinski definition) is 2. The normalized spacial score (nSPS) is 12.1. The number of aromatic nitrogens is 2. The van der Waals surface area contributed by atoms with Crippen LogP contribution in [-0.4, -0.2) is 15.9 Å². The summed E-state index contributed by atoms with van der Waals surface area (Å²) in [4.78, 5) is 19.6. The van der Waals surface area contributed by atoms with Crippen molar-refractivity contribution >= 4 is 11.7 Å². The SMILES string of the molecule is CCC[C@H](C)CC(=O)NCc1nccc(N)n1. The Morgan fingerprint density at radius 2 is 2.35 bits per heavy atom. The molecule has 1 aromatic rings. The molecule has 0 saturated carbocycles. The van der Waals surface area contributed by atoms with Gasteiger partial charge < -0.3 is 11.1 Å². The summed E-state index contributed by atoms with van der Waals surface area (Å²) in [6.07, 6.45) is 4.31. The van der Waals surface area contributed by atoms with Gasteiger partial charge in [-0.05, 0) is 12.0 Å². The molecule has 1 atom stereocenters. The van der Waals surface area contributed by atoms with Crippen LogP contribution in [0.15, 0.2) is 12.3 Å². The van der Waals surface area contributed by atoms with Crippen LogP contribution >= 0.6 is 0 Å². The molecule has 0 aliphatic heterocycles. The lowest BCUT2D eigenvalue weighted by atomic mass is 10.0. The fourth-order valence-electron chi connectivity index (χ4n) is 1.66. The lowest BCUT2D eigenvalue weighted by Crippen LogP contribution is -2.25. The average molecular weight is 236 g/mol. The zero-order valence-corrected chi connectivity index (χ0v) is 10.4. The van der Waals surface area contributed by atoms with Gasteiger partial charge in [-0.25, -0.2) is 9.97 Å². The predicted octanol–water partition coefficient (Wildman–Crippen LogP) is 1.50. The maximum Gasteiger partial charge on any atom is 0.220 e. The maximum atomic E-state index is 11.6. The Labute approximate surface area is 102 Å². The van der Waals surface area contributed by atoms with Crippen molar-refractivity contribution in [1.29, 1.82) is 0 Å². The smallest absolute Gasteiger partial charge is 0.220 e. The third-order valence-corrected chi connectivity index (χ3v) is 2.49. The molecule has 0 saturated heterocycles. The van der Waals surface area contributed by atoms with Crippen molar-refractivity contribution in [3.63, 3.8) is 0 Å². The van der Waals surface area contributed by atoms with Crippen LogP contribution in [0.2, 0.25) is 0 Å². The second kappa shape index (κ2) is 6.83. The van der Waals surface area contributed by atoms with Gasteiger partial charge in [0.1, 0.15) is 11.6 Å². The van der Waals surface area contributed by atoms with Crippen molar-refractivity contribution < 1.29 is 4.79 Å². The number of nitrogens with zero attached hydrogens (tertiary/aromatic N) is 2. The van der Waals surface area contributed by atoms with Crippen molar-refractivity contribution in [1.82, 2.24) is 15.3 Å². The summed E-state index contributed by atoms with van der Waals surface area (Å²) in [5.74, 6) is 1.42. The molecule has 1 aromatic heterocycles. The van der Waals surface area contributed by atoms with Gasteiger partial charge >= 0.3 is 0 Å². The molecule has 5 nitrogen and oxygen atoms in total. The minimum Gasteiger partial charge on any atom is -0.384 e. The second-order valence-electron chi connectivity index (χ2n) is 4.27. The highest BCUT2D eigenvalue weighted by atomic mass is 16.1. The first-order valence-corrected chi connectivity index (χ1v) is 5.96. The number of hydrogen-bond acceptors (Lipinski definition) is 4. The summed E-state index contributed by atoms with van der Waals surface area (Å²) in [5.41, 5.74) is 5.52. The van der Waals surface area contributed by atoms with E-state index in [-0.39, 0.29) is 5.91 Å². The molecule has 0 spiro atoms. The van der Waals surface area contributed by atoms with E-state index in [0.717, 1.165) is 12.8 Å². The summed E-state index contributed by atoms with van der Waals surface area (Å²) in [6, 6.07) is 1.62. The third kappa shape index (κ3) is 5.29. The molecular weight excluding hydrogens is 216 g/mol. The zero-order chi connectivity index (χ0) is 12.7. The van der Waals surface area contributed by atoms with E-state index < -0.39 is 0 Å². The van der Waals surface area contributed by atoms with Crippen LogP contribution in [-0.2, 0) is 11.3 Å². The summed E-state index contributed by atoms with van der Waals surface area (Å²) >= 11 is 0. The summed E-state index contributed by atoms with van der Waals surface area (Å²) in [5, 5.41) is 2.80. The highest BCUT2D eigenvalue weighted by Gasteiger charge is 2.08. The highest BCUT2D eigenvalue weighted by molar-refractivity contribution is 5.75. The van der Waals surface area contributed by atoms with Gasteiger partial charge in [0, 0.05) is 12.6 Å². The van der Waals surface area contributed by atoms with Crippen molar-refractivity contribution in [2.24, 2.45) is 5.92 Å². The topological polar surface area (TPSA) is 80.9 Å². The fraction of sp³-hybridized carbons (Fsp3) is 0.583. The van der Waals surface area contributed by atoms with Gasteiger partial charge in [0.15, 0.2) is 0 Å². The summed E-state index contributed by atoms with van der Waals surface area (Å²) < 4.78 is 0. The molecule has 17 heavy (non-hydrogen) atoms. The van der Waals surface area contributed by atoms with E-state index in [9.17, 15) is 4.79 Å². The van der Waals surface area contributed by atoms with E-state index >= 15 is 0 Å². The van der Waals surface area contributed by atoms with Crippen LogP contribution in [0, 0.1) is 5.92 Å². The second-order valence-corrected chi connectivity index (χ2v) is 4.27. The largest absolute Gasteiger partial charge is 0.384 e. The molecule has 1 amide bonds. The molecule has 94 valence electrons. The van der Waals surface area contributed by atoms with E-state index in [4.69, 9.17) is 5.73 Å². The molecule has 0 aromatic carbocycles. The predicted molar refractivity (Wildman–Crippen MR) is 67.0 cm³/mol. The van der Waals surface area contributed by atoms with Crippen molar-refractivity contribution in [2.45, 2.75) is 39.7 Å². The molecule has 1 heterocycles. The Kier molecular flexibility index (Phi) is 5.39. The number of nitrogens with two attached hydrogens (primary N) is 1. The van der Waals surface area contributed by atoms with Crippen LogP contribution < -0.4 is 11.1 Å². The molecule has 0 radical (unpaired) electrons. The number of anilines is 1. The van der Waals surface area contributed by atoms with Crippen molar-refractivity contribution in [3.05, 3.63) is 18.1 Å². The van der Waals surface area contributed by atoms with Crippen LogP contribution in [0.25, 0.3) is 0 Å². The van der Waals surface area contributed by atoms with Gasteiger partial charge in [0.05, 0.1) is 6.54 Å². The van der Waals surface area contributed by atoms with Crippen LogP contribution in [0.3, 0.4) is 0 Å². The number of amides is 1. The van der Waals surface area contributed by atoms with E-state index in [2.05, 4.69) is 29.1 Å². The Bertz CT molecular complexity index is 367. The van der Waals surface area contributed by atoms with E-state index in [1.807, 2.05) is 0 Å². The molecular formula is C12H20N4O. The first-order chi connectivity index (χ1) is 8.11. The first-order valence-electron chi connectivity index (χ1n) is 5.96. The standard InChI is InChI=1S/C12H20N4O/c1-3-4-9(2)7-12(17)15-8-11-14-6-5-10(13)16-11/h5-6,9H,3-4,7-8H2,1-2H3,(H,15,17)(H2,13,14,16)/t9-/m0/s1. The minimum absolute atomic E-state index is 0.0389. The van der Waals surface area contributed by atoms with Crippen LogP contribution in [0.5, 0.6) is 0 Å². The number of rotatable bonds is 6. The zero-order valence-electron chi connectivity index (χ0n) is 10.4. The van der Waals surface area contributed by atoms with Crippen LogP contribution in [0.1, 0.15) is 38.9 Å².